The number of halogens is 1. The van der Waals surface area contributed by atoms with Crippen molar-refractivity contribution < 1.29 is 4.79 Å². The number of rotatable bonds is 15. The molecule has 1 aromatic heterocycles. The second-order valence-electron chi connectivity index (χ2n) is 11.0. The van der Waals surface area contributed by atoms with Gasteiger partial charge in [-0.25, -0.2) is 9.97 Å². The summed E-state index contributed by atoms with van der Waals surface area (Å²) in [6, 6.07) is 20.2. The summed E-state index contributed by atoms with van der Waals surface area (Å²) in [5, 5.41) is 4.25. The molecule has 2 heterocycles. The molecule has 0 aliphatic carbocycles. The van der Waals surface area contributed by atoms with E-state index in [4.69, 9.17) is 16.6 Å². The van der Waals surface area contributed by atoms with Gasteiger partial charge < -0.3 is 15.1 Å². The third-order valence-corrected chi connectivity index (χ3v) is 8.88. The number of hydrogen-bond donors (Lipinski definition) is 1. The Hall–Kier alpha value is -2.91. The first kappa shape index (κ1) is 33.0. The maximum Gasteiger partial charge on any atom is 0.251 e. The molecule has 1 fully saturated rings. The van der Waals surface area contributed by atoms with Crippen LogP contribution in [0.4, 0.5) is 5.82 Å². The van der Waals surface area contributed by atoms with Crippen LogP contribution >= 0.6 is 23.4 Å². The first-order valence-electron chi connectivity index (χ1n) is 15.4. The van der Waals surface area contributed by atoms with Gasteiger partial charge in [0.1, 0.15) is 11.0 Å². The molecule has 3 aromatic rings. The third kappa shape index (κ3) is 10.9. The first-order valence-corrected chi connectivity index (χ1v) is 16.8. The quantitative estimate of drug-likeness (QED) is 0.118. The highest BCUT2D eigenvalue weighted by Crippen LogP contribution is 2.25. The molecule has 0 bridgehead atoms. The van der Waals surface area contributed by atoms with Gasteiger partial charge in [-0.3, -0.25) is 9.69 Å². The number of nitrogens with zero attached hydrogens (tertiary/aromatic N) is 5. The zero-order chi connectivity index (χ0) is 30.4. The molecule has 0 saturated carbocycles. The Labute approximate surface area is 266 Å². The van der Waals surface area contributed by atoms with Crippen LogP contribution in [-0.2, 0) is 5.75 Å². The number of amides is 1. The summed E-state index contributed by atoms with van der Waals surface area (Å²) < 4.78 is 0. The number of carbonyl (C=O) groups is 1. The summed E-state index contributed by atoms with van der Waals surface area (Å²) in [6.07, 6.45) is 6.45. The Balaban J connectivity index is 1.25. The van der Waals surface area contributed by atoms with Gasteiger partial charge in [-0.05, 0) is 62.7 Å². The second-order valence-corrected chi connectivity index (χ2v) is 12.3. The van der Waals surface area contributed by atoms with Crippen LogP contribution < -0.4 is 10.2 Å². The lowest BCUT2D eigenvalue weighted by Crippen LogP contribution is -2.46. The van der Waals surface area contributed by atoms with E-state index in [2.05, 4.69) is 82.2 Å². The molecule has 0 spiro atoms. The van der Waals surface area contributed by atoms with Gasteiger partial charge in [0, 0.05) is 56.1 Å². The van der Waals surface area contributed by atoms with E-state index >= 15 is 0 Å². The van der Waals surface area contributed by atoms with Gasteiger partial charge >= 0.3 is 0 Å². The molecule has 0 radical (unpaired) electrons. The van der Waals surface area contributed by atoms with E-state index in [1.807, 2.05) is 36.4 Å². The molecule has 1 aliphatic rings. The number of anilines is 1. The summed E-state index contributed by atoms with van der Waals surface area (Å²) in [7, 11) is 0. The Bertz CT molecular complexity index is 1310. The van der Waals surface area contributed by atoms with Gasteiger partial charge in [-0.1, -0.05) is 91.8 Å². The molecule has 230 valence electrons. The molecule has 1 amide bonds. The first-order chi connectivity index (χ1) is 20.9. The van der Waals surface area contributed by atoms with Crippen molar-refractivity contribution >= 4 is 41.2 Å². The minimum atomic E-state index is -0.0295. The van der Waals surface area contributed by atoms with Crippen LogP contribution in [0.5, 0.6) is 0 Å². The molecule has 4 rings (SSSR count). The van der Waals surface area contributed by atoms with E-state index in [0.717, 1.165) is 76.6 Å². The number of benzene rings is 2. The summed E-state index contributed by atoms with van der Waals surface area (Å²) in [6.45, 7) is 14.3. The van der Waals surface area contributed by atoms with Crippen molar-refractivity contribution in [2.24, 2.45) is 0 Å². The van der Waals surface area contributed by atoms with Crippen molar-refractivity contribution in [2.45, 2.75) is 50.6 Å². The predicted octanol–water partition coefficient (Wildman–Crippen LogP) is 6.50. The molecule has 1 saturated heterocycles. The molecule has 1 N–H and O–H groups in total. The van der Waals surface area contributed by atoms with Crippen LogP contribution in [0.2, 0.25) is 5.15 Å². The van der Waals surface area contributed by atoms with Crippen molar-refractivity contribution in [3.05, 3.63) is 88.6 Å². The number of thioether (sulfide) groups is 1. The molecular formula is C34H45ClN6OS. The van der Waals surface area contributed by atoms with Crippen LogP contribution in [0.25, 0.3) is 6.08 Å². The third-order valence-electron chi connectivity index (χ3n) is 7.77. The summed E-state index contributed by atoms with van der Waals surface area (Å²) >= 11 is 7.96. The van der Waals surface area contributed by atoms with Crippen molar-refractivity contribution in [3.63, 3.8) is 0 Å². The topological polar surface area (TPSA) is 64.6 Å². The van der Waals surface area contributed by atoms with E-state index in [-0.39, 0.29) is 11.9 Å². The van der Waals surface area contributed by atoms with E-state index in [1.54, 1.807) is 0 Å². The molecule has 7 nitrogen and oxygen atoms in total. The summed E-state index contributed by atoms with van der Waals surface area (Å²) in [5.41, 5.74) is 2.95. The van der Waals surface area contributed by atoms with E-state index in [0.29, 0.717) is 21.6 Å². The lowest BCUT2D eigenvalue weighted by atomic mass is 10.1. The number of aromatic nitrogens is 2. The monoisotopic (exact) mass is 620 g/mol. The molecule has 1 aliphatic heterocycles. The Morgan fingerprint density at radius 2 is 1.81 bits per heavy atom. The molecule has 1 unspecified atom stereocenters. The molecule has 43 heavy (non-hydrogen) atoms. The van der Waals surface area contributed by atoms with Crippen LogP contribution in [0.15, 0.2) is 71.9 Å². The minimum absolute atomic E-state index is 0.0295. The molecular weight excluding hydrogens is 576 g/mol. The van der Waals surface area contributed by atoms with Crippen LogP contribution in [0, 0.1) is 0 Å². The maximum atomic E-state index is 12.9. The lowest BCUT2D eigenvalue weighted by Gasteiger charge is -2.35. The average molecular weight is 621 g/mol. The van der Waals surface area contributed by atoms with Crippen molar-refractivity contribution in [1.82, 2.24) is 25.1 Å². The molecule has 9 heteroatoms. The highest BCUT2D eigenvalue weighted by Gasteiger charge is 2.19. The van der Waals surface area contributed by atoms with Crippen LogP contribution in [0.1, 0.15) is 55.1 Å². The fraction of sp³-hybridized carbons (Fsp3) is 0.441. The van der Waals surface area contributed by atoms with Crippen LogP contribution in [0.3, 0.4) is 0 Å². The predicted molar refractivity (Wildman–Crippen MR) is 181 cm³/mol. The minimum Gasteiger partial charge on any atom is -0.354 e. The van der Waals surface area contributed by atoms with Gasteiger partial charge in [-0.15, -0.1) is 0 Å². The van der Waals surface area contributed by atoms with E-state index in [1.165, 1.54) is 17.3 Å². The largest absolute Gasteiger partial charge is 0.354 e. The zero-order valence-electron chi connectivity index (χ0n) is 25.7. The number of carbonyl (C=O) groups excluding carboxylic acids is 1. The number of nitrogens with one attached hydrogen (secondary N) is 1. The van der Waals surface area contributed by atoms with Gasteiger partial charge in [0.2, 0.25) is 0 Å². The summed E-state index contributed by atoms with van der Waals surface area (Å²) in [5.74, 6) is 1.49. The van der Waals surface area contributed by atoms with Crippen molar-refractivity contribution in [3.8, 4) is 0 Å². The Morgan fingerprint density at radius 1 is 1.05 bits per heavy atom. The van der Waals surface area contributed by atoms with E-state index < -0.39 is 0 Å². The normalized spacial score (nSPS) is 14.9. The van der Waals surface area contributed by atoms with Crippen molar-refractivity contribution in [1.29, 1.82) is 0 Å². The summed E-state index contributed by atoms with van der Waals surface area (Å²) in [4.78, 5) is 29.4. The van der Waals surface area contributed by atoms with Gasteiger partial charge in [0.05, 0.1) is 0 Å². The zero-order valence-corrected chi connectivity index (χ0v) is 27.3. The molecule has 1 atom stereocenters. The lowest BCUT2D eigenvalue weighted by molar-refractivity contribution is 0.0937. The average Bonchev–Trinajstić information content (AvgIpc) is 3.03. The second kappa shape index (κ2) is 17.4. The highest BCUT2D eigenvalue weighted by atomic mass is 35.5. The fourth-order valence-corrected chi connectivity index (χ4v) is 6.19. The van der Waals surface area contributed by atoms with E-state index in [9.17, 15) is 4.79 Å². The smallest absolute Gasteiger partial charge is 0.251 e. The Morgan fingerprint density at radius 3 is 2.56 bits per heavy atom. The standard InChI is InChI=1S/C34H45ClN6OS/c1-4-39(5-2)18-10-12-27(3)36-33(42)30-17-9-15-29(24-30)26-43-34-37-31(35)25-32(38-34)41-22-20-40(21-23-41)19-11-16-28-13-7-6-8-14-28/h6-9,11,13-17,24-25,27H,4-5,10,12,18-23,26H2,1-3H3,(H,36,42). The van der Waals surface area contributed by atoms with Gasteiger partial charge in [-0.2, -0.15) is 0 Å². The number of piperazine rings is 1. The fourth-order valence-electron chi connectivity index (χ4n) is 5.16. The maximum absolute atomic E-state index is 12.9. The highest BCUT2D eigenvalue weighted by molar-refractivity contribution is 7.98. The Kier molecular flexibility index (Phi) is 13.4. The number of hydrogen-bond acceptors (Lipinski definition) is 7. The SMILES string of the molecule is CCN(CC)CCCC(C)NC(=O)c1cccc(CSc2nc(Cl)cc(N3CCN(CC=Cc4ccccc4)CC3)n2)c1. The van der Waals surface area contributed by atoms with Gasteiger partial charge in [0.15, 0.2) is 5.16 Å². The van der Waals surface area contributed by atoms with Gasteiger partial charge in [0.25, 0.3) is 5.91 Å². The molecule has 2 aromatic carbocycles. The van der Waals surface area contributed by atoms with Crippen molar-refractivity contribution in [2.75, 3.05) is 57.3 Å². The van der Waals surface area contributed by atoms with Crippen LogP contribution in [-0.4, -0.2) is 84.1 Å².